The summed E-state index contributed by atoms with van der Waals surface area (Å²) >= 11 is 0. The second-order valence-corrected chi connectivity index (χ2v) is 3.85. The maximum absolute atomic E-state index is 9.73. The summed E-state index contributed by atoms with van der Waals surface area (Å²) in [5.41, 5.74) is 0.865. The number of aliphatic hydroxyl groups excluding tert-OH is 1. The van der Waals surface area contributed by atoms with Gasteiger partial charge >= 0.3 is 0 Å². The fraction of sp³-hybridized carbons (Fsp3) is 0.545. The average molecular weight is 194 g/mol. The van der Waals surface area contributed by atoms with Gasteiger partial charge in [-0.3, -0.25) is 4.98 Å². The van der Waals surface area contributed by atoms with Crippen LogP contribution in [0.4, 0.5) is 0 Å². The first-order valence-corrected chi connectivity index (χ1v) is 4.99. The molecule has 0 aliphatic carbocycles. The molecule has 14 heavy (non-hydrogen) atoms. The Balaban J connectivity index is 2.32. The molecule has 2 N–H and O–H groups in total. The molecule has 0 spiro atoms. The molecule has 0 radical (unpaired) electrons. The van der Waals surface area contributed by atoms with Gasteiger partial charge in [0.25, 0.3) is 0 Å². The van der Waals surface area contributed by atoms with Crippen LogP contribution in [0, 0.1) is 5.92 Å². The predicted octanol–water partition coefficient (Wildman–Crippen LogP) is 1.36. The molecule has 0 saturated carbocycles. The van der Waals surface area contributed by atoms with E-state index in [9.17, 15) is 5.11 Å². The van der Waals surface area contributed by atoms with Gasteiger partial charge in [-0.2, -0.15) is 0 Å². The number of aliphatic hydroxyl groups is 1. The molecule has 78 valence electrons. The smallest absolute Gasteiger partial charge is 0.0929 e. The monoisotopic (exact) mass is 194 g/mol. The minimum atomic E-state index is -0.456. The van der Waals surface area contributed by atoms with Crippen LogP contribution < -0.4 is 5.32 Å². The van der Waals surface area contributed by atoms with E-state index in [1.54, 1.807) is 12.4 Å². The zero-order valence-electron chi connectivity index (χ0n) is 8.77. The van der Waals surface area contributed by atoms with Crippen LogP contribution in [0.15, 0.2) is 24.5 Å². The molecule has 3 heteroatoms. The Hall–Kier alpha value is -0.930. The number of nitrogens with one attached hydrogen (secondary N) is 1. The SMILES string of the molecule is CC(C)CNCC(O)c1cccnc1. The second-order valence-electron chi connectivity index (χ2n) is 3.85. The molecule has 0 fully saturated rings. The number of pyridine rings is 1. The Morgan fingerprint density at radius 2 is 2.21 bits per heavy atom. The van der Waals surface area contributed by atoms with Gasteiger partial charge in [-0.1, -0.05) is 19.9 Å². The van der Waals surface area contributed by atoms with Crippen LogP contribution in [0.2, 0.25) is 0 Å². The average Bonchev–Trinajstić information content (AvgIpc) is 2.18. The van der Waals surface area contributed by atoms with Crippen molar-refractivity contribution < 1.29 is 5.11 Å². The lowest BCUT2D eigenvalue weighted by Crippen LogP contribution is -2.25. The van der Waals surface area contributed by atoms with Crippen LogP contribution in [-0.2, 0) is 0 Å². The normalized spacial score (nSPS) is 13.1. The number of nitrogens with zero attached hydrogens (tertiary/aromatic N) is 1. The lowest BCUT2D eigenvalue weighted by molar-refractivity contribution is 0.173. The van der Waals surface area contributed by atoms with Crippen molar-refractivity contribution in [2.24, 2.45) is 5.92 Å². The van der Waals surface area contributed by atoms with E-state index >= 15 is 0 Å². The second kappa shape index (κ2) is 5.73. The molecule has 3 nitrogen and oxygen atoms in total. The summed E-state index contributed by atoms with van der Waals surface area (Å²) in [5, 5.41) is 12.9. The molecule has 0 saturated heterocycles. The third-order valence-electron chi connectivity index (χ3n) is 1.96. The van der Waals surface area contributed by atoms with Crippen LogP contribution in [0.1, 0.15) is 25.5 Å². The van der Waals surface area contributed by atoms with Gasteiger partial charge in [0, 0.05) is 24.5 Å². The zero-order chi connectivity index (χ0) is 10.4. The van der Waals surface area contributed by atoms with Gasteiger partial charge < -0.3 is 10.4 Å². The zero-order valence-corrected chi connectivity index (χ0v) is 8.77. The molecule has 1 rings (SSSR count). The van der Waals surface area contributed by atoms with Crippen molar-refractivity contribution in [3.63, 3.8) is 0 Å². The molecule has 0 amide bonds. The third kappa shape index (κ3) is 3.85. The van der Waals surface area contributed by atoms with E-state index in [1.807, 2.05) is 12.1 Å². The van der Waals surface area contributed by atoms with Crippen molar-refractivity contribution in [3.8, 4) is 0 Å². The van der Waals surface area contributed by atoms with Crippen LogP contribution in [-0.4, -0.2) is 23.2 Å². The van der Waals surface area contributed by atoms with Gasteiger partial charge in [-0.25, -0.2) is 0 Å². The van der Waals surface area contributed by atoms with Gasteiger partial charge in [-0.15, -0.1) is 0 Å². The summed E-state index contributed by atoms with van der Waals surface area (Å²) in [7, 11) is 0. The van der Waals surface area contributed by atoms with Crippen molar-refractivity contribution >= 4 is 0 Å². The molecule has 0 aliphatic rings. The first-order chi connectivity index (χ1) is 6.70. The van der Waals surface area contributed by atoms with E-state index in [-0.39, 0.29) is 0 Å². The molecular formula is C11H18N2O. The standard InChI is InChI=1S/C11H18N2O/c1-9(2)6-13-8-11(14)10-4-3-5-12-7-10/h3-5,7,9,11,13-14H,6,8H2,1-2H3. The van der Waals surface area contributed by atoms with Gasteiger partial charge in [0.2, 0.25) is 0 Å². The Morgan fingerprint density at radius 3 is 2.79 bits per heavy atom. The Kier molecular flexibility index (Phi) is 4.56. The topological polar surface area (TPSA) is 45.1 Å². The van der Waals surface area contributed by atoms with Gasteiger partial charge in [0.05, 0.1) is 6.10 Å². The van der Waals surface area contributed by atoms with Crippen LogP contribution in [0.5, 0.6) is 0 Å². The fourth-order valence-corrected chi connectivity index (χ4v) is 1.20. The summed E-state index contributed by atoms with van der Waals surface area (Å²) in [5.74, 6) is 0.607. The molecule has 1 atom stereocenters. The van der Waals surface area contributed by atoms with Crippen LogP contribution in [0.3, 0.4) is 0 Å². The van der Waals surface area contributed by atoms with Crippen molar-refractivity contribution in [2.45, 2.75) is 20.0 Å². The lowest BCUT2D eigenvalue weighted by atomic mass is 10.1. The molecule has 1 aromatic rings. The van der Waals surface area contributed by atoms with E-state index in [4.69, 9.17) is 0 Å². The highest BCUT2D eigenvalue weighted by Gasteiger charge is 2.06. The molecule has 1 unspecified atom stereocenters. The van der Waals surface area contributed by atoms with E-state index in [1.165, 1.54) is 0 Å². The maximum Gasteiger partial charge on any atom is 0.0929 e. The van der Waals surface area contributed by atoms with Crippen LogP contribution >= 0.6 is 0 Å². The number of rotatable bonds is 5. The fourth-order valence-electron chi connectivity index (χ4n) is 1.20. The van der Waals surface area contributed by atoms with Gasteiger partial charge in [-0.05, 0) is 18.5 Å². The first-order valence-electron chi connectivity index (χ1n) is 4.99. The molecule has 1 heterocycles. The summed E-state index contributed by atoms with van der Waals surface area (Å²) < 4.78 is 0. The summed E-state index contributed by atoms with van der Waals surface area (Å²) in [6.07, 6.45) is 2.95. The van der Waals surface area contributed by atoms with E-state index in [2.05, 4.69) is 24.1 Å². The number of hydrogen-bond acceptors (Lipinski definition) is 3. The Labute approximate surface area is 85.2 Å². The van der Waals surface area contributed by atoms with E-state index in [0.29, 0.717) is 12.5 Å². The van der Waals surface area contributed by atoms with Gasteiger partial charge in [0.1, 0.15) is 0 Å². The third-order valence-corrected chi connectivity index (χ3v) is 1.96. The van der Waals surface area contributed by atoms with Crippen molar-refractivity contribution in [1.29, 1.82) is 0 Å². The Morgan fingerprint density at radius 1 is 1.43 bits per heavy atom. The highest BCUT2D eigenvalue weighted by atomic mass is 16.3. The predicted molar refractivity (Wildman–Crippen MR) is 56.9 cm³/mol. The van der Waals surface area contributed by atoms with Crippen molar-refractivity contribution in [3.05, 3.63) is 30.1 Å². The lowest BCUT2D eigenvalue weighted by Gasteiger charge is -2.12. The molecule has 0 aliphatic heterocycles. The number of aromatic nitrogens is 1. The number of hydrogen-bond donors (Lipinski definition) is 2. The summed E-state index contributed by atoms with van der Waals surface area (Å²) in [6, 6.07) is 3.72. The molecular weight excluding hydrogens is 176 g/mol. The van der Waals surface area contributed by atoms with Crippen molar-refractivity contribution in [2.75, 3.05) is 13.1 Å². The largest absolute Gasteiger partial charge is 0.387 e. The summed E-state index contributed by atoms with van der Waals surface area (Å²) in [6.45, 7) is 5.80. The minimum Gasteiger partial charge on any atom is -0.387 e. The quantitative estimate of drug-likeness (QED) is 0.744. The van der Waals surface area contributed by atoms with E-state index < -0.39 is 6.10 Å². The molecule has 0 aromatic carbocycles. The van der Waals surface area contributed by atoms with Gasteiger partial charge in [0.15, 0.2) is 0 Å². The molecule has 1 aromatic heterocycles. The highest BCUT2D eigenvalue weighted by molar-refractivity contribution is 5.11. The van der Waals surface area contributed by atoms with Crippen molar-refractivity contribution in [1.82, 2.24) is 10.3 Å². The maximum atomic E-state index is 9.73. The first kappa shape index (κ1) is 11.1. The van der Waals surface area contributed by atoms with E-state index in [0.717, 1.165) is 12.1 Å². The van der Waals surface area contributed by atoms with Crippen LogP contribution in [0.25, 0.3) is 0 Å². The minimum absolute atomic E-state index is 0.456. The highest BCUT2D eigenvalue weighted by Crippen LogP contribution is 2.08. The molecule has 0 bridgehead atoms. The Bertz CT molecular complexity index is 249. The summed E-state index contributed by atoms with van der Waals surface area (Å²) in [4.78, 5) is 3.96.